The average molecular weight is 447 g/mol. The summed E-state index contributed by atoms with van der Waals surface area (Å²) in [5.74, 6) is 0.0878. The Labute approximate surface area is 171 Å². The van der Waals surface area contributed by atoms with Crippen molar-refractivity contribution in [3.63, 3.8) is 0 Å². The molecule has 0 fully saturated rings. The molecular formula is C17H14Cl3N3O3S. The van der Waals surface area contributed by atoms with E-state index in [4.69, 9.17) is 39.3 Å². The van der Waals surface area contributed by atoms with Gasteiger partial charge in [-0.25, -0.2) is 8.42 Å². The molecule has 142 valence electrons. The van der Waals surface area contributed by atoms with Gasteiger partial charge in [-0.3, -0.25) is 0 Å². The van der Waals surface area contributed by atoms with Gasteiger partial charge in [0.2, 0.25) is 21.7 Å². The predicted octanol–water partition coefficient (Wildman–Crippen LogP) is 4.66. The molecule has 27 heavy (non-hydrogen) atoms. The van der Waals surface area contributed by atoms with Crippen molar-refractivity contribution in [2.75, 3.05) is 7.05 Å². The predicted molar refractivity (Wildman–Crippen MR) is 105 cm³/mol. The fraction of sp³-hybridized carbons (Fsp3) is 0.176. The standard InChI is InChI=1S/C17H14Cl3N3O3S/c1-23(27(24,25)10-12-14(19)7-4-8-15(12)20)9-16-21-17(22-26-16)11-5-2-3-6-13(11)18/h2-8H,9-10H2,1H3. The van der Waals surface area contributed by atoms with Crippen LogP contribution in [0.2, 0.25) is 15.1 Å². The molecule has 0 amide bonds. The highest BCUT2D eigenvalue weighted by Gasteiger charge is 2.24. The van der Waals surface area contributed by atoms with Crippen molar-refractivity contribution in [3.05, 3.63) is 69.0 Å². The van der Waals surface area contributed by atoms with Gasteiger partial charge in [-0.2, -0.15) is 9.29 Å². The van der Waals surface area contributed by atoms with Crippen molar-refractivity contribution in [3.8, 4) is 11.4 Å². The Kier molecular flexibility index (Phi) is 6.08. The summed E-state index contributed by atoms with van der Waals surface area (Å²) >= 11 is 18.2. The van der Waals surface area contributed by atoms with Crippen molar-refractivity contribution in [2.45, 2.75) is 12.3 Å². The van der Waals surface area contributed by atoms with Gasteiger partial charge in [0.05, 0.1) is 17.3 Å². The summed E-state index contributed by atoms with van der Waals surface area (Å²) in [5.41, 5.74) is 0.942. The van der Waals surface area contributed by atoms with E-state index < -0.39 is 10.0 Å². The van der Waals surface area contributed by atoms with E-state index in [2.05, 4.69) is 10.1 Å². The zero-order chi connectivity index (χ0) is 19.6. The van der Waals surface area contributed by atoms with Crippen LogP contribution >= 0.6 is 34.8 Å². The van der Waals surface area contributed by atoms with Crippen molar-refractivity contribution >= 4 is 44.8 Å². The summed E-state index contributed by atoms with van der Waals surface area (Å²) in [4.78, 5) is 4.22. The van der Waals surface area contributed by atoms with E-state index in [9.17, 15) is 8.42 Å². The summed E-state index contributed by atoms with van der Waals surface area (Å²) in [7, 11) is -2.29. The zero-order valence-electron chi connectivity index (χ0n) is 14.1. The Morgan fingerprint density at radius 1 is 1.00 bits per heavy atom. The molecule has 0 N–H and O–H groups in total. The molecule has 0 radical (unpaired) electrons. The Morgan fingerprint density at radius 3 is 2.30 bits per heavy atom. The van der Waals surface area contributed by atoms with Gasteiger partial charge in [0.15, 0.2) is 0 Å². The summed E-state index contributed by atoms with van der Waals surface area (Å²) in [6.45, 7) is -0.0954. The van der Waals surface area contributed by atoms with Crippen LogP contribution in [-0.2, 0) is 22.3 Å². The number of hydrogen-bond acceptors (Lipinski definition) is 5. The average Bonchev–Trinajstić information content (AvgIpc) is 3.07. The highest BCUT2D eigenvalue weighted by Crippen LogP contribution is 2.28. The van der Waals surface area contributed by atoms with Crippen LogP contribution in [0.1, 0.15) is 11.5 Å². The third-order valence-corrected chi connectivity index (χ3v) is 6.57. The highest BCUT2D eigenvalue weighted by atomic mass is 35.5. The quantitative estimate of drug-likeness (QED) is 0.550. The molecule has 10 heteroatoms. The molecule has 0 aliphatic heterocycles. The molecule has 0 bridgehead atoms. The first-order chi connectivity index (χ1) is 12.8. The van der Waals surface area contributed by atoms with Crippen molar-refractivity contribution < 1.29 is 12.9 Å². The van der Waals surface area contributed by atoms with E-state index in [0.717, 1.165) is 4.31 Å². The number of sulfonamides is 1. The van der Waals surface area contributed by atoms with Crippen LogP contribution in [0.25, 0.3) is 11.4 Å². The van der Waals surface area contributed by atoms with Crippen molar-refractivity contribution in [1.82, 2.24) is 14.4 Å². The Bertz CT molecular complexity index is 1050. The molecule has 0 aliphatic carbocycles. The van der Waals surface area contributed by atoms with Crippen LogP contribution in [0.15, 0.2) is 47.0 Å². The van der Waals surface area contributed by atoms with E-state index >= 15 is 0 Å². The molecule has 2 aromatic carbocycles. The smallest absolute Gasteiger partial charge is 0.242 e. The lowest BCUT2D eigenvalue weighted by Crippen LogP contribution is -2.28. The van der Waals surface area contributed by atoms with Crippen LogP contribution in [0, 0.1) is 0 Å². The van der Waals surface area contributed by atoms with E-state index in [1.807, 2.05) is 0 Å². The molecule has 0 saturated carbocycles. The Hall–Kier alpha value is -1.64. The second kappa shape index (κ2) is 8.16. The van der Waals surface area contributed by atoms with Crippen LogP contribution in [0.5, 0.6) is 0 Å². The summed E-state index contributed by atoms with van der Waals surface area (Å²) in [5, 5.41) is 4.91. The fourth-order valence-corrected chi connectivity index (χ4v) is 4.44. The topological polar surface area (TPSA) is 76.3 Å². The van der Waals surface area contributed by atoms with Gasteiger partial charge in [-0.05, 0) is 24.3 Å². The van der Waals surface area contributed by atoms with Crippen LogP contribution in [0.4, 0.5) is 0 Å². The van der Waals surface area contributed by atoms with Gasteiger partial charge >= 0.3 is 0 Å². The van der Waals surface area contributed by atoms with Gasteiger partial charge in [-0.1, -0.05) is 58.2 Å². The summed E-state index contributed by atoms with van der Waals surface area (Å²) in [6.07, 6.45) is 0. The van der Waals surface area contributed by atoms with Gasteiger partial charge in [0.1, 0.15) is 0 Å². The number of rotatable bonds is 6. The molecule has 0 saturated heterocycles. The lowest BCUT2D eigenvalue weighted by atomic mass is 10.2. The largest absolute Gasteiger partial charge is 0.338 e. The van der Waals surface area contributed by atoms with Crippen LogP contribution in [-0.4, -0.2) is 29.9 Å². The Morgan fingerprint density at radius 2 is 1.63 bits per heavy atom. The minimum Gasteiger partial charge on any atom is -0.338 e. The maximum Gasteiger partial charge on any atom is 0.242 e. The van der Waals surface area contributed by atoms with Crippen molar-refractivity contribution in [1.29, 1.82) is 0 Å². The lowest BCUT2D eigenvalue weighted by molar-refractivity contribution is 0.336. The van der Waals surface area contributed by atoms with Gasteiger partial charge < -0.3 is 4.52 Å². The molecule has 6 nitrogen and oxygen atoms in total. The number of aromatic nitrogens is 2. The van der Waals surface area contributed by atoms with Gasteiger partial charge in [-0.15, -0.1) is 0 Å². The summed E-state index contributed by atoms with van der Waals surface area (Å²) < 4.78 is 31.5. The van der Waals surface area contributed by atoms with Crippen molar-refractivity contribution in [2.24, 2.45) is 0 Å². The molecule has 1 aromatic heterocycles. The first-order valence-electron chi connectivity index (χ1n) is 7.72. The summed E-state index contributed by atoms with van der Waals surface area (Å²) in [6, 6.07) is 11.9. The fourth-order valence-electron chi connectivity index (χ4n) is 2.32. The normalized spacial score (nSPS) is 11.9. The molecule has 3 rings (SSSR count). The minimum absolute atomic E-state index is 0.0954. The molecule has 0 atom stereocenters. The maximum atomic E-state index is 12.6. The molecule has 0 unspecified atom stereocenters. The second-order valence-electron chi connectivity index (χ2n) is 5.70. The SMILES string of the molecule is CN(Cc1nc(-c2ccccc2Cl)no1)S(=O)(=O)Cc1c(Cl)cccc1Cl. The first kappa shape index (κ1) is 20.1. The molecule has 1 heterocycles. The number of nitrogens with zero attached hydrogens (tertiary/aromatic N) is 3. The minimum atomic E-state index is -3.71. The molecule has 0 spiro atoms. The third kappa shape index (κ3) is 4.62. The van der Waals surface area contributed by atoms with E-state index in [1.165, 1.54) is 7.05 Å². The Balaban J connectivity index is 1.77. The maximum absolute atomic E-state index is 12.6. The lowest BCUT2D eigenvalue weighted by Gasteiger charge is -2.16. The first-order valence-corrected chi connectivity index (χ1v) is 10.5. The molecule has 3 aromatic rings. The highest BCUT2D eigenvalue weighted by molar-refractivity contribution is 7.88. The third-order valence-electron chi connectivity index (χ3n) is 3.80. The van der Waals surface area contributed by atoms with E-state index in [1.54, 1.807) is 42.5 Å². The monoisotopic (exact) mass is 445 g/mol. The van der Waals surface area contributed by atoms with E-state index in [0.29, 0.717) is 26.2 Å². The number of benzene rings is 2. The second-order valence-corrected chi connectivity index (χ2v) is 9.00. The van der Waals surface area contributed by atoms with Gasteiger partial charge in [0.25, 0.3) is 0 Å². The molecule has 0 aliphatic rings. The number of hydrogen-bond donors (Lipinski definition) is 0. The number of halogens is 3. The van der Waals surface area contributed by atoms with Crippen LogP contribution < -0.4 is 0 Å². The zero-order valence-corrected chi connectivity index (χ0v) is 17.1. The van der Waals surface area contributed by atoms with E-state index in [-0.39, 0.29) is 24.0 Å². The van der Waals surface area contributed by atoms with Crippen LogP contribution in [0.3, 0.4) is 0 Å². The van der Waals surface area contributed by atoms with Gasteiger partial charge in [0, 0.05) is 28.2 Å². The molecular weight excluding hydrogens is 433 g/mol.